The fourth-order valence-electron chi connectivity index (χ4n) is 9.02. The number of furan rings is 1. The molecule has 290 valence electrons. The fraction of sp³-hybridized carbons (Fsp3) is 0. The van der Waals surface area contributed by atoms with E-state index < -0.39 is 0 Å². The number of benzene rings is 9. The minimum Gasteiger partial charge on any atom is -0.455 e. The van der Waals surface area contributed by atoms with Gasteiger partial charge in [-0.3, -0.25) is 0 Å². The Kier molecular flexibility index (Phi) is 8.42. The molecule has 0 amide bonds. The van der Waals surface area contributed by atoms with E-state index in [-0.39, 0.29) is 0 Å². The van der Waals surface area contributed by atoms with Gasteiger partial charge in [0.15, 0.2) is 17.5 Å². The van der Waals surface area contributed by atoms with Gasteiger partial charge in [0.25, 0.3) is 0 Å². The number of fused-ring (bicyclic) bond motifs is 6. The summed E-state index contributed by atoms with van der Waals surface area (Å²) >= 11 is 0. The highest BCUT2D eigenvalue weighted by Crippen LogP contribution is 2.43. The number of hydrogen-bond acceptors (Lipinski definition) is 4. The summed E-state index contributed by atoms with van der Waals surface area (Å²) in [5, 5.41) is 4.49. The maximum absolute atomic E-state index is 6.88. The Labute approximate surface area is 357 Å². The largest absolute Gasteiger partial charge is 0.455 e. The molecule has 9 aromatic carbocycles. The molecule has 5 nitrogen and oxygen atoms in total. The lowest BCUT2D eigenvalue weighted by atomic mass is 9.97. The number of hydrogen-bond donors (Lipinski definition) is 0. The molecule has 0 spiro atoms. The van der Waals surface area contributed by atoms with E-state index in [9.17, 15) is 0 Å². The molecule has 0 fully saturated rings. The summed E-state index contributed by atoms with van der Waals surface area (Å²) in [6.45, 7) is 0. The number of para-hydroxylation sites is 4. The third kappa shape index (κ3) is 5.98. The SMILES string of the molecule is c1ccc(-c2cccc(-c3cccc(-c4nc(-c5ccccc5)nc(-c5cccc6c5oc5cccc(-c7ccccc7-n7c8ccccc8c8ccccc87)c56)n4)c3)c2)cc1. The van der Waals surface area contributed by atoms with Crippen LogP contribution < -0.4 is 0 Å². The fourth-order valence-corrected chi connectivity index (χ4v) is 9.02. The van der Waals surface area contributed by atoms with Crippen LogP contribution in [0.25, 0.3) is 117 Å². The Balaban J connectivity index is 1.02. The van der Waals surface area contributed by atoms with Gasteiger partial charge < -0.3 is 8.98 Å². The molecule has 12 aromatic rings. The summed E-state index contributed by atoms with van der Waals surface area (Å²) in [7, 11) is 0. The third-order valence-corrected chi connectivity index (χ3v) is 11.9. The zero-order chi connectivity index (χ0) is 41.0. The lowest BCUT2D eigenvalue weighted by Crippen LogP contribution is -2.00. The molecule has 0 aliphatic rings. The van der Waals surface area contributed by atoms with Gasteiger partial charge in [0.05, 0.1) is 22.3 Å². The Morgan fingerprint density at radius 1 is 0.323 bits per heavy atom. The van der Waals surface area contributed by atoms with Crippen molar-refractivity contribution in [1.82, 2.24) is 19.5 Å². The third-order valence-electron chi connectivity index (χ3n) is 11.9. The molecule has 0 saturated heterocycles. The van der Waals surface area contributed by atoms with Crippen LogP contribution in [0.15, 0.2) is 223 Å². The van der Waals surface area contributed by atoms with Crippen LogP contribution in [0.2, 0.25) is 0 Å². The van der Waals surface area contributed by atoms with E-state index in [0.717, 1.165) is 66.6 Å². The van der Waals surface area contributed by atoms with E-state index in [0.29, 0.717) is 17.5 Å². The molecule has 0 N–H and O–H groups in total. The maximum Gasteiger partial charge on any atom is 0.167 e. The first-order chi connectivity index (χ1) is 30.7. The van der Waals surface area contributed by atoms with Gasteiger partial charge in [0, 0.05) is 38.2 Å². The average molecular weight is 793 g/mol. The molecule has 3 heterocycles. The van der Waals surface area contributed by atoms with Crippen molar-refractivity contribution < 1.29 is 4.42 Å². The summed E-state index contributed by atoms with van der Waals surface area (Å²) in [6.07, 6.45) is 0. The zero-order valence-corrected chi connectivity index (χ0v) is 33.5. The molecule has 3 aromatic heterocycles. The molecule has 0 bridgehead atoms. The molecule has 0 radical (unpaired) electrons. The zero-order valence-electron chi connectivity index (χ0n) is 33.5. The van der Waals surface area contributed by atoms with Crippen molar-refractivity contribution in [3.8, 4) is 73.2 Å². The Morgan fingerprint density at radius 2 is 0.790 bits per heavy atom. The quantitative estimate of drug-likeness (QED) is 0.161. The first kappa shape index (κ1) is 35.5. The maximum atomic E-state index is 6.88. The van der Waals surface area contributed by atoms with Crippen LogP contribution in [0.4, 0.5) is 0 Å². The number of rotatable bonds is 7. The Hall–Kier alpha value is -8.41. The smallest absolute Gasteiger partial charge is 0.167 e. The molecule has 0 aliphatic carbocycles. The number of nitrogens with zero attached hydrogens (tertiary/aromatic N) is 4. The second-order valence-corrected chi connectivity index (χ2v) is 15.5. The van der Waals surface area contributed by atoms with Crippen molar-refractivity contribution in [3.63, 3.8) is 0 Å². The van der Waals surface area contributed by atoms with E-state index in [4.69, 9.17) is 19.4 Å². The first-order valence-corrected chi connectivity index (χ1v) is 20.9. The van der Waals surface area contributed by atoms with Gasteiger partial charge in [0.2, 0.25) is 0 Å². The van der Waals surface area contributed by atoms with Gasteiger partial charge in [-0.2, -0.15) is 0 Å². The lowest BCUT2D eigenvalue weighted by molar-refractivity contribution is 0.669. The van der Waals surface area contributed by atoms with Crippen LogP contribution in [0.5, 0.6) is 0 Å². The summed E-state index contributed by atoms with van der Waals surface area (Å²) in [5.41, 5.74) is 14.3. The molecular weight excluding hydrogens is 757 g/mol. The minimum absolute atomic E-state index is 0.544. The standard InChI is InChI=1S/C57H36N4O/c1-3-17-37(18-4-1)39-21-13-22-40(35-39)41-23-14-24-42(36-41)56-58-55(38-19-5-2-6-20-38)59-57(60-56)48-30-15-29-47-53-46(28-16-34-52(53)62-54(47)48)45-27-9-12-33-51(45)61-49-31-10-7-25-43(49)44-26-8-11-32-50(44)61/h1-36H. The Bertz CT molecular complexity index is 3590. The minimum atomic E-state index is 0.544. The predicted molar refractivity (Wildman–Crippen MR) is 254 cm³/mol. The highest BCUT2D eigenvalue weighted by atomic mass is 16.3. The predicted octanol–water partition coefficient (Wildman–Crippen LogP) is 14.9. The van der Waals surface area contributed by atoms with Crippen LogP contribution in [-0.4, -0.2) is 19.5 Å². The second kappa shape index (κ2) is 14.7. The molecule has 5 heteroatoms. The topological polar surface area (TPSA) is 56.7 Å². The van der Waals surface area contributed by atoms with Crippen LogP contribution in [0, 0.1) is 0 Å². The molecular formula is C57H36N4O. The van der Waals surface area contributed by atoms with E-state index in [2.05, 4.69) is 187 Å². The Morgan fingerprint density at radius 3 is 1.52 bits per heavy atom. The van der Waals surface area contributed by atoms with Crippen LogP contribution in [-0.2, 0) is 0 Å². The van der Waals surface area contributed by atoms with Crippen molar-refractivity contribution in [2.45, 2.75) is 0 Å². The summed E-state index contributed by atoms with van der Waals surface area (Å²) in [6, 6.07) is 76.2. The van der Waals surface area contributed by atoms with Crippen molar-refractivity contribution in [3.05, 3.63) is 218 Å². The molecule has 0 atom stereocenters. The molecule has 62 heavy (non-hydrogen) atoms. The van der Waals surface area contributed by atoms with Crippen molar-refractivity contribution in [1.29, 1.82) is 0 Å². The highest BCUT2D eigenvalue weighted by Gasteiger charge is 2.22. The lowest BCUT2D eigenvalue weighted by Gasteiger charge is -2.14. The van der Waals surface area contributed by atoms with E-state index in [1.807, 2.05) is 36.4 Å². The molecule has 0 aliphatic heterocycles. The van der Waals surface area contributed by atoms with Crippen LogP contribution in [0.3, 0.4) is 0 Å². The van der Waals surface area contributed by atoms with Crippen molar-refractivity contribution >= 4 is 43.7 Å². The summed E-state index contributed by atoms with van der Waals surface area (Å²) in [4.78, 5) is 15.5. The first-order valence-electron chi connectivity index (χ1n) is 20.9. The molecule has 12 rings (SSSR count). The van der Waals surface area contributed by atoms with Crippen molar-refractivity contribution in [2.24, 2.45) is 0 Å². The van der Waals surface area contributed by atoms with Gasteiger partial charge in [-0.15, -0.1) is 0 Å². The average Bonchev–Trinajstić information content (AvgIpc) is 3.91. The highest BCUT2D eigenvalue weighted by molar-refractivity contribution is 6.16. The van der Waals surface area contributed by atoms with Gasteiger partial charge in [0.1, 0.15) is 11.2 Å². The molecule has 0 unspecified atom stereocenters. The summed E-state index contributed by atoms with van der Waals surface area (Å²) in [5.74, 6) is 1.72. The van der Waals surface area contributed by atoms with Gasteiger partial charge in [-0.05, 0) is 70.3 Å². The van der Waals surface area contributed by atoms with E-state index in [1.165, 1.54) is 32.9 Å². The van der Waals surface area contributed by atoms with Crippen molar-refractivity contribution in [2.75, 3.05) is 0 Å². The van der Waals surface area contributed by atoms with Gasteiger partial charge >= 0.3 is 0 Å². The summed E-state index contributed by atoms with van der Waals surface area (Å²) < 4.78 is 9.27. The molecule has 0 saturated carbocycles. The van der Waals surface area contributed by atoms with E-state index >= 15 is 0 Å². The second-order valence-electron chi connectivity index (χ2n) is 15.5. The van der Waals surface area contributed by atoms with Crippen LogP contribution >= 0.6 is 0 Å². The van der Waals surface area contributed by atoms with Gasteiger partial charge in [-0.1, -0.05) is 176 Å². The number of aromatic nitrogens is 4. The van der Waals surface area contributed by atoms with E-state index in [1.54, 1.807) is 0 Å². The normalized spacial score (nSPS) is 11.5. The monoisotopic (exact) mass is 792 g/mol. The van der Waals surface area contributed by atoms with Gasteiger partial charge in [-0.25, -0.2) is 15.0 Å². The van der Waals surface area contributed by atoms with Crippen LogP contribution in [0.1, 0.15) is 0 Å².